The highest BCUT2D eigenvalue weighted by Gasteiger charge is 2.10. The average molecular weight is 590 g/mol. The van der Waals surface area contributed by atoms with Gasteiger partial charge in [-0.05, 0) is 84.1 Å². The van der Waals surface area contributed by atoms with E-state index in [4.69, 9.17) is 16.3 Å². The van der Waals surface area contributed by atoms with E-state index in [1.165, 1.54) is 6.08 Å². The Kier molecular flexibility index (Phi) is 11.3. The number of anilines is 1. The van der Waals surface area contributed by atoms with Crippen molar-refractivity contribution in [2.45, 2.75) is 56.7 Å². The van der Waals surface area contributed by atoms with Crippen LogP contribution in [0.4, 0.5) is 5.69 Å². The number of hydrogen-bond donors (Lipinski definition) is 1. The second-order valence-electron chi connectivity index (χ2n) is 9.73. The Morgan fingerprint density at radius 1 is 1.00 bits per heavy atom. The molecule has 214 valence electrons. The average Bonchev–Trinajstić information content (AvgIpc) is 3.43. The summed E-state index contributed by atoms with van der Waals surface area (Å²) in [5, 5.41) is 3.41. The van der Waals surface area contributed by atoms with Crippen molar-refractivity contribution in [1.29, 1.82) is 0 Å². The van der Waals surface area contributed by atoms with Crippen LogP contribution in [-0.2, 0) is 27.9 Å². The Hall–Kier alpha value is -3.68. The molecule has 6 nitrogen and oxygen atoms in total. The molecule has 1 atom stereocenters. The maximum absolute atomic E-state index is 12.9. The normalized spacial score (nSPS) is 12.0. The lowest BCUT2D eigenvalue weighted by atomic mass is 10.0. The summed E-state index contributed by atoms with van der Waals surface area (Å²) in [6.07, 6.45) is 11.0. The molecule has 1 amide bonds. The van der Waals surface area contributed by atoms with Crippen molar-refractivity contribution in [3.8, 4) is 16.9 Å². The van der Waals surface area contributed by atoms with Gasteiger partial charge in [0.2, 0.25) is 5.91 Å². The molecule has 0 saturated heterocycles. The minimum Gasteiger partial charge on any atom is -0.494 e. The fourth-order valence-electron chi connectivity index (χ4n) is 4.18. The number of ether oxygens (including phenoxy) is 1. The van der Waals surface area contributed by atoms with Gasteiger partial charge in [0, 0.05) is 34.4 Å². The molecule has 0 fully saturated rings. The second-order valence-corrected chi connectivity index (χ2v) is 11.6. The van der Waals surface area contributed by atoms with Gasteiger partial charge in [-0.15, -0.1) is 0 Å². The topological polar surface area (TPSA) is 73.2 Å². The molecule has 1 unspecified atom stereocenters. The largest absolute Gasteiger partial charge is 0.494 e. The van der Waals surface area contributed by atoms with Crippen molar-refractivity contribution >= 4 is 40.1 Å². The number of aryl methyl sites for hydroxylation is 1. The molecule has 0 aliphatic carbocycles. The number of nitrogens with one attached hydrogen (secondary N) is 1. The third kappa shape index (κ3) is 8.90. The molecule has 41 heavy (non-hydrogen) atoms. The summed E-state index contributed by atoms with van der Waals surface area (Å²) in [6.45, 7) is 5.87. The quantitative estimate of drug-likeness (QED) is 0.119. The van der Waals surface area contributed by atoms with Gasteiger partial charge in [-0.25, -0.2) is 4.98 Å². The van der Waals surface area contributed by atoms with Gasteiger partial charge in [0.1, 0.15) is 5.75 Å². The summed E-state index contributed by atoms with van der Waals surface area (Å²) in [6, 6.07) is 20.8. The summed E-state index contributed by atoms with van der Waals surface area (Å²) >= 11 is 6.42. The molecule has 1 heterocycles. The smallest absolute Gasteiger partial charge is 0.248 e. The Morgan fingerprint density at radius 3 is 2.46 bits per heavy atom. The number of halogens is 1. The number of benzene rings is 3. The van der Waals surface area contributed by atoms with Gasteiger partial charge in [-0.2, -0.15) is 0 Å². The van der Waals surface area contributed by atoms with Crippen molar-refractivity contribution in [2.24, 2.45) is 0 Å². The zero-order chi connectivity index (χ0) is 29.0. The Balaban J connectivity index is 1.34. The maximum Gasteiger partial charge on any atom is 0.248 e. The highest BCUT2D eigenvalue weighted by molar-refractivity contribution is 7.84. The minimum absolute atomic E-state index is 0.284. The lowest BCUT2D eigenvalue weighted by molar-refractivity contribution is -0.111. The van der Waals surface area contributed by atoms with Crippen LogP contribution in [0, 0.1) is 0 Å². The van der Waals surface area contributed by atoms with Gasteiger partial charge in [0.15, 0.2) is 0 Å². The van der Waals surface area contributed by atoms with Gasteiger partial charge in [-0.1, -0.05) is 56.5 Å². The van der Waals surface area contributed by atoms with E-state index in [0.29, 0.717) is 28.0 Å². The maximum atomic E-state index is 12.9. The van der Waals surface area contributed by atoms with Crippen molar-refractivity contribution < 1.29 is 13.7 Å². The van der Waals surface area contributed by atoms with E-state index in [1.807, 2.05) is 42.5 Å². The molecule has 4 rings (SSSR count). The Morgan fingerprint density at radius 2 is 1.73 bits per heavy atom. The fraction of sp³-hybridized carbons (Fsp3) is 0.273. The van der Waals surface area contributed by atoms with E-state index in [1.54, 1.807) is 42.9 Å². The lowest BCUT2D eigenvalue weighted by Crippen LogP contribution is -2.08. The first-order chi connectivity index (χ1) is 20.0. The molecule has 0 aliphatic heterocycles. The van der Waals surface area contributed by atoms with E-state index < -0.39 is 10.8 Å². The van der Waals surface area contributed by atoms with E-state index in [2.05, 4.69) is 28.7 Å². The van der Waals surface area contributed by atoms with Crippen LogP contribution in [0.15, 0.2) is 90.2 Å². The van der Waals surface area contributed by atoms with E-state index in [9.17, 15) is 9.00 Å². The van der Waals surface area contributed by atoms with Gasteiger partial charge in [0.05, 0.1) is 35.2 Å². The van der Waals surface area contributed by atoms with E-state index in [0.717, 1.165) is 60.4 Å². The number of rotatable bonds is 14. The van der Waals surface area contributed by atoms with Crippen LogP contribution in [0.25, 0.3) is 17.2 Å². The molecule has 0 saturated carbocycles. The number of carbonyl (C=O) groups is 1. The molecular formula is C33H36ClN3O3S. The fourth-order valence-corrected chi connectivity index (χ4v) is 5.48. The molecular weight excluding hydrogens is 554 g/mol. The Labute approximate surface area is 249 Å². The molecule has 0 aliphatic rings. The Bertz CT molecular complexity index is 1480. The number of aromatic nitrogens is 2. The minimum atomic E-state index is -1.21. The van der Waals surface area contributed by atoms with Crippen LogP contribution in [-0.4, -0.2) is 26.3 Å². The third-order valence-electron chi connectivity index (χ3n) is 6.58. The van der Waals surface area contributed by atoms with Crippen LogP contribution in [0.3, 0.4) is 0 Å². The first-order valence-electron chi connectivity index (χ1n) is 14.0. The van der Waals surface area contributed by atoms with Crippen molar-refractivity contribution in [1.82, 2.24) is 9.55 Å². The lowest BCUT2D eigenvalue weighted by Gasteiger charge is -2.09. The van der Waals surface area contributed by atoms with Crippen LogP contribution < -0.4 is 10.1 Å². The molecule has 0 radical (unpaired) electrons. The molecule has 8 heteroatoms. The molecule has 0 spiro atoms. The number of hydrogen-bond acceptors (Lipinski definition) is 4. The standard InChI is InChI=1S/C33H36ClN3O3S/c1-3-5-19-37-24-35-22-29(37)23-41(39)31-15-11-28(12-16-31)36-33(38)18-10-27-21-26(9-17-32(27)34)25-7-13-30(14-8-25)40-20-6-4-2/h7-18,21-22,24H,3-6,19-20,23H2,1-2H3,(H,36,38)/b18-10+. The number of amides is 1. The van der Waals surface area contributed by atoms with Crippen LogP contribution >= 0.6 is 11.6 Å². The molecule has 0 bridgehead atoms. The number of unbranched alkanes of at least 4 members (excludes halogenated alkanes) is 2. The highest BCUT2D eigenvalue weighted by Crippen LogP contribution is 2.28. The van der Waals surface area contributed by atoms with Gasteiger partial charge < -0.3 is 14.6 Å². The summed E-state index contributed by atoms with van der Waals surface area (Å²) in [5.41, 5.74) is 4.34. The van der Waals surface area contributed by atoms with Gasteiger partial charge >= 0.3 is 0 Å². The van der Waals surface area contributed by atoms with E-state index in [-0.39, 0.29) is 5.91 Å². The zero-order valence-electron chi connectivity index (χ0n) is 23.5. The van der Waals surface area contributed by atoms with Crippen LogP contribution in [0.5, 0.6) is 5.75 Å². The zero-order valence-corrected chi connectivity index (χ0v) is 25.1. The van der Waals surface area contributed by atoms with Gasteiger partial charge in [-0.3, -0.25) is 9.00 Å². The molecule has 1 N–H and O–H groups in total. The first-order valence-corrected chi connectivity index (χ1v) is 15.7. The van der Waals surface area contributed by atoms with Gasteiger partial charge in [0.25, 0.3) is 0 Å². The SMILES string of the molecule is CCCCOc1ccc(-c2ccc(Cl)c(/C=C/C(=O)Nc3ccc(S(=O)Cc4cncn4CCCC)cc3)c2)cc1. The highest BCUT2D eigenvalue weighted by atomic mass is 35.5. The molecule has 4 aromatic rings. The molecule has 3 aromatic carbocycles. The predicted molar refractivity (Wildman–Crippen MR) is 169 cm³/mol. The number of carbonyl (C=O) groups excluding carboxylic acids is 1. The summed E-state index contributed by atoms with van der Waals surface area (Å²) in [4.78, 5) is 17.5. The first kappa shape index (κ1) is 30.3. The van der Waals surface area contributed by atoms with E-state index >= 15 is 0 Å². The summed E-state index contributed by atoms with van der Waals surface area (Å²) < 4.78 is 20.7. The number of nitrogens with zero attached hydrogens (tertiary/aromatic N) is 2. The van der Waals surface area contributed by atoms with Crippen molar-refractivity contribution in [2.75, 3.05) is 11.9 Å². The summed E-state index contributed by atoms with van der Waals surface area (Å²) in [7, 11) is -1.21. The monoisotopic (exact) mass is 589 g/mol. The molecule has 1 aromatic heterocycles. The van der Waals surface area contributed by atoms with Crippen molar-refractivity contribution in [3.63, 3.8) is 0 Å². The summed E-state index contributed by atoms with van der Waals surface area (Å²) in [5.74, 6) is 0.963. The van der Waals surface area contributed by atoms with Crippen LogP contribution in [0.2, 0.25) is 5.02 Å². The second kappa shape index (κ2) is 15.4. The predicted octanol–water partition coefficient (Wildman–Crippen LogP) is 8.14. The third-order valence-corrected chi connectivity index (χ3v) is 8.28. The number of imidazole rings is 1. The van der Waals surface area contributed by atoms with Crippen molar-refractivity contribution in [3.05, 3.63) is 102 Å². The van der Waals surface area contributed by atoms with Crippen LogP contribution in [0.1, 0.15) is 50.8 Å².